The Bertz CT molecular complexity index is 568. The molecule has 2 heteroatoms. The third-order valence-electron chi connectivity index (χ3n) is 2.95. The van der Waals surface area contributed by atoms with Gasteiger partial charge in [-0.15, -0.1) is 0 Å². The highest BCUT2D eigenvalue weighted by Gasteiger charge is 2.15. The standard InChI is InChI=1S/C16H14O2/c1-3-12-4-6-13(7-5-12)16-9-8-15(18-2)10-14(16)11-17/h3-9H,1,10H2,2H3. The number of carbonyl (C=O) groups excluding carboxylic acids is 1. The fourth-order valence-electron chi connectivity index (χ4n) is 1.91. The van der Waals surface area contributed by atoms with Crippen LogP contribution in [0, 0.1) is 0 Å². The maximum atomic E-state index is 11.0. The molecule has 0 spiro atoms. The number of hydrogen-bond acceptors (Lipinski definition) is 2. The van der Waals surface area contributed by atoms with Gasteiger partial charge in [0.05, 0.1) is 12.7 Å². The van der Waals surface area contributed by atoms with E-state index in [1.165, 1.54) is 0 Å². The number of benzene rings is 1. The molecule has 1 aliphatic rings. The van der Waals surface area contributed by atoms with Crippen LogP contribution in [0.3, 0.4) is 0 Å². The summed E-state index contributed by atoms with van der Waals surface area (Å²) < 4.78 is 5.15. The molecule has 18 heavy (non-hydrogen) atoms. The molecule has 0 bridgehead atoms. The molecular formula is C16H14O2. The van der Waals surface area contributed by atoms with Crippen LogP contribution in [0.2, 0.25) is 0 Å². The Balaban J connectivity index is 2.41. The van der Waals surface area contributed by atoms with Gasteiger partial charge >= 0.3 is 0 Å². The van der Waals surface area contributed by atoms with E-state index in [0.29, 0.717) is 12.0 Å². The van der Waals surface area contributed by atoms with Crippen molar-refractivity contribution in [2.45, 2.75) is 6.42 Å². The summed E-state index contributed by atoms with van der Waals surface area (Å²) >= 11 is 0. The fraction of sp³-hybridized carbons (Fsp3) is 0.125. The van der Waals surface area contributed by atoms with Crippen LogP contribution in [-0.2, 0) is 9.53 Å². The van der Waals surface area contributed by atoms with Gasteiger partial charge in [-0.1, -0.05) is 43.0 Å². The maximum absolute atomic E-state index is 11.0. The molecule has 90 valence electrons. The van der Waals surface area contributed by atoms with Crippen molar-refractivity contribution in [3.05, 3.63) is 65.5 Å². The van der Waals surface area contributed by atoms with Crippen molar-refractivity contribution >= 4 is 17.6 Å². The van der Waals surface area contributed by atoms with E-state index in [9.17, 15) is 4.79 Å². The lowest BCUT2D eigenvalue weighted by atomic mass is 9.92. The molecule has 0 N–H and O–H groups in total. The molecule has 0 saturated carbocycles. The van der Waals surface area contributed by atoms with Crippen LogP contribution in [0.5, 0.6) is 0 Å². The van der Waals surface area contributed by atoms with Crippen molar-refractivity contribution in [2.24, 2.45) is 0 Å². The van der Waals surface area contributed by atoms with E-state index in [-0.39, 0.29) is 0 Å². The first-order valence-electron chi connectivity index (χ1n) is 5.70. The average Bonchev–Trinajstić information content (AvgIpc) is 2.46. The first-order valence-corrected chi connectivity index (χ1v) is 5.70. The smallest absolute Gasteiger partial charge is 0.129 e. The molecule has 1 aromatic rings. The summed E-state index contributed by atoms with van der Waals surface area (Å²) in [5.41, 5.74) is 3.59. The van der Waals surface area contributed by atoms with E-state index in [4.69, 9.17) is 4.74 Å². The molecule has 2 rings (SSSR count). The number of ether oxygens (including phenoxy) is 1. The van der Waals surface area contributed by atoms with Gasteiger partial charge in [0.15, 0.2) is 0 Å². The van der Waals surface area contributed by atoms with Crippen LogP contribution >= 0.6 is 0 Å². The average molecular weight is 238 g/mol. The normalized spacial score (nSPS) is 14.4. The number of methoxy groups -OCH3 is 1. The molecule has 1 aromatic carbocycles. The Kier molecular flexibility index (Phi) is 3.61. The monoisotopic (exact) mass is 238 g/mol. The van der Waals surface area contributed by atoms with Crippen molar-refractivity contribution in [3.63, 3.8) is 0 Å². The third-order valence-corrected chi connectivity index (χ3v) is 2.95. The topological polar surface area (TPSA) is 26.3 Å². The van der Waals surface area contributed by atoms with E-state index >= 15 is 0 Å². The first kappa shape index (κ1) is 12.2. The quantitative estimate of drug-likeness (QED) is 0.754. The zero-order valence-electron chi connectivity index (χ0n) is 10.3. The number of rotatable bonds is 3. The van der Waals surface area contributed by atoms with Gasteiger partial charge in [0.1, 0.15) is 11.7 Å². The highest BCUT2D eigenvalue weighted by molar-refractivity contribution is 5.89. The van der Waals surface area contributed by atoms with E-state index in [0.717, 1.165) is 22.5 Å². The minimum Gasteiger partial charge on any atom is -0.501 e. The van der Waals surface area contributed by atoms with Gasteiger partial charge in [-0.25, -0.2) is 4.79 Å². The predicted molar refractivity (Wildman–Crippen MR) is 73.4 cm³/mol. The molecule has 2 nitrogen and oxygen atoms in total. The number of hydrogen-bond donors (Lipinski definition) is 0. The summed E-state index contributed by atoms with van der Waals surface area (Å²) in [4.78, 5) is 11.0. The third kappa shape index (κ3) is 2.34. The van der Waals surface area contributed by atoms with Crippen LogP contribution in [0.25, 0.3) is 11.6 Å². The van der Waals surface area contributed by atoms with Crippen molar-refractivity contribution in [2.75, 3.05) is 7.11 Å². The molecule has 1 aliphatic carbocycles. The Labute approximate surface area is 107 Å². The van der Waals surface area contributed by atoms with Gasteiger partial charge in [-0.2, -0.15) is 0 Å². The molecule has 0 unspecified atom stereocenters. The highest BCUT2D eigenvalue weighted by Crippen LogP contribution is 2.30. The lowest BCUT2D eigenvalue weighted by molar-refractivity contribution is 0.283. The minimum atomic E-state index is 0.495. The predicted octanol–water partition coefficient (Wildman–Crippen LogP) is 3.41. The summed E-state index contributed by atoms with van der Waals surface area (Å²) in [6.07, 6.45) is 6.07. The van der Waals surface area contributed by atoms with Crippen LogP contribution in [-0.4, -0.2) is 13.1 Å². The summed E-state index contributed by atoms with van der Waals surface area (Å²) in [7, 11) is 1.60. The van der Waals surface area contributed by atoms with Crippen LogP contribution < -0.4 is 0 Å². The van der Waals surface area contributed by atoms with Gasteiger partial charge in [-0.3, -0.25) is 0 Å². The Hall–Kier alpha value is -2.31. The molecule has 0 amide bonds. The van der Waals surface area contributed by atoms with Crippen molar-refractivity contribution in [3.8, 4) is 0 Å². The van der Waals surface area contributed by atoms with E-state index in [1.54, 1.807) is 13.2 Å². The second kappa shape index (κ2) is 5.35. The van der Waals surface area contributed by atoms with Crippen LogP contribution in [0.4, 0.5) is 0 Å². The maximum Gasteiger partial charge on any atom is 0.129 e. The van der Waals surface area contributed by atoms with Gasteiger partial charge in [0, 0.05) is 6.42 Å². The number of allylic oxidation sites excluding steroid dienone is 4. The Morgan fingerprint density at radius 2 is 2.00 bits per heavy atom. The zero-order chi connectivity index (χ0) is 13.0. The van der Waals surface area contributed by atoms with Crippen molar-refractivity contribution in [1.29, 1.82) is 0 Å². The van der Waals surface area contributed by atoms with Gasteiger partial charge in [-0.05, 0) is 22.8 Å². The molecule has 0 aromatic heterocycles. The zero-order valence-corrected chi connectivity index (χ0v) is 10.3. The molecule has 0 heterocycles. The largest absolute Gasteiger partial charge is 0.501 e. The highest BCUT2D eigenvalue weighted by atomic mass is 16.5. The van der Waals surface area contributed by atoms with E-state index in [1.807, 2.05) is 42.4 Å². The molecule has 0 saturated heterocycles. The second-order valence-electron chi connectivity index (χ2n) is 4.00. The molecule has 0 atom stereocenters. The first-order chi connectivity index (χ1) is 8.78. The Morgan fingerprint density at radius 3 is 2.56 bits per heavy atom. The van der Waals surface area contributed by atoms with Crippen molar-refractivity contribution in [1.82, 2.24) is 0 Å². The summed E-state index contributed by atoms with van der Waals surface area (Å²) in [6, 6.07) is 7.90. The SMILES string of the molecule is C=Cc1ccc(C2=CC=C(OC)CC2=C=O)cc1. The molecule has 0 aliphatic heterocycles. The van der Waals surface area contributed by atoms with Crippen LogP contribution in [0.15, 0.2) is 54.3 Å². The summed E-state index contributed by atoms with van der Waals surface area (Å²) in [5, 5.41) is 0. The summed E-state index contributed by atoms with van der Waals surface area (Å²) in [6.45, 7) is 3.72. The van der Waals surface area contributed by atoms with Gasteiger partial charge in [0.25, 0.3) is 0 Å². The minimum absolute atomic E-state index is 0.495. The van der Waals surface area contributed by atoms with Gasteiger partial charge in [0.2, 0.25) is 0 Å². The molecular weight excluding hydrogens is 224 g/mol. The fourth-order valence-corrected chi connectivity index (χ4v) is 1.91. The lowest BCUT2D eigenvalue weighted by Crippen LogP contribution is -2.00. The van der Waals surface area contributed by atoms with Crippen LogP contribution in [0.1, 0.15) is 17.5 Å². The van der Waals surface area contributed by atoms with Gasteiger partial charge < -0.3 is 4.74 Å². The summed E-state index contributed by atoms with van der Waals surface area (Å²) in [5.74, 6) is 2.78. The van der Waals surface area contributed by atoms with E-state index in [2.05, 4.69) is 6.58 Å². The molecule has 0 radical (unpaired) electrons. The molecule has 0 fully saturated rings. The van der Waals surface area contributed by atoms with Crippen molar-refractivity contribution < 1.29 is 9.53 Å². The van der Waals surface area contributed by atoms with E-state index < -0.39 is 0 Å². The second-order valence-corrected chi connectivity index (χ2v) is 4.00. The Morgan fingerprint density at radius 1 is 1.28 bits per heavy atom. The lowest BCUT2D eigenvalue weighted by Gasteiger charge is -2.15.